The number of aromatic nitrogens is 3. The van der Waals surface area contributed by atoms with E-state index in [1.807, 2.05) is 25.1 Å². The Hall–Kier alpha value is -2.17. The zero-order valence-corrected chi connectivity index (χ0v) is 11.1. The Balaban J connectivity index is 2.09. The van der Waals surface area contributed by atoms with E-state index in [4.69, 9.17) is 5.11 Å². The van der Waals surface area contributed by atoms with Gasteiger partial charge in [0.25, 0.3) is 0 Å². The number of carboxylic acid groups (broad SMARTS) is 1. The molecule has 0 fully saturated rings. The molecule has 2 aromatic rings. The van der Waals surface area contributed by atoms with E-state index in [0.29, 0.717) is 18.7 Å². The van der Waals surface area contributed by atoms with Crippen molar-refractivity contribution in [2.45, 2.75) is 26.2 Å². The predicted octanol–water partition coefficient (Wildman–Crippen LogP) is 1.73. The van der Waals surface area contributed by atoms with E-state index < -0.39 is 5.97 Å². The van der Waals surface area contributed by atoms with Crippen LogP contribution in [0.3, 0.4) is 0 Å². The molecule has 2 rings (SSSR count). The maximum atomic E-state index is 10.6. The average Bonchev–Trinajstić information content (AvgIpc) is 2.67. The lowest BCUT2D eigenvalue weighted by atomic mass is 10.1. The molecule has 0 atom stereocenters. The van der Waals surface area contributed by atoms with Crippen LogP contribution in [0.5, 0.6) is 0 Å². The molecular formula is C14H17N3O2. The highest BCUT2D eigenvalue weighted by Crippen LogP contribution is 2.09. The van der Waals surface area contributed by atoms with Gasteiger partial charge in [0, 0.05) is 19.9 Å². The molecule has 0 amide bonds. The van der Waals surface area contributed by atoms with Crippen LogP contribution in [0.4, 0.5) is 0 Å². The van der Waals surface area contributed by atoms with Crippen LogP contribution >= 0.6 is 0 Å². The molecule has 0 saturated heterocycles. The second-order valence-electron chi connectivity index (χ2n) is 4.63. The van der Waals surface area contributed by atoms with E-state index in [0.717, 1.165) is 11.4 Å². The summed E-state index contributed by atoms with van der Waals surface area (Å²) in [5.41, 5.74) is 2.37. The highest BCUT2D eigenvalue weighted by atomic mass is 16.4. The third-order valence-corrected chi connectivity index (χ3v) is 2.90. The van der Waals surface area contributed by atoms with Gasteiger partial charge < -0.3 is 5.11 Å². The summed E-state index contributed by atoms with van der Waals surface area (Å²) in [5, 5.41) is 13.0. The highest BCUT2D eigenvalue weighted by Gasteiger charge is 2.09. The van der Waals surface area contributed by atoms with Crippen molar-refractivity contribution in [3.63, 3.8) is 0 Å². The molecule has 0 aliphatic rings. The summed E-state index contributed by atoms with van der Waals surface area (Å²) >= 11 is 0. The second kappa shape index (κ2) is 5.65. The van der Waals surface area contributed by atoms with Crippen molar-refractivity contribution in [1.29, 1.82) is 0 Å². The number of carbonyl (C=O) groups is 1. The van der Waals surface area contributed by atoms with Gasteiger partial charge in [0.1, 0.15) is 5.82 Å². The normalized spacial score (nSPS) is 10.6. The van der Waals surface area contributed by atoms with Crippen LogP contribution in [0.25, 0.3) is 0 Å². The van der Waals surface area contributed by atoms with Crippen LogP contribution in [-0.2, 0) is 24.7 Å². The monoisotopic (exact) mass is 259 g/mol. The number of aryl methyl sites for hydroxylation is 3. The Labute approximate surface area is 111 Å². The number of nitrogens with zero attached hydrogens (tertiary/aromatic N) is 3. The summed E-state index contributed by atoms with van der Waals surface area (Å²) in [5.74, 6) is 0.627. The van der Waals surface area contributed by atoms with Crippen LogP contribution in [0.1, 0.15) is 29.2 Å². The fourth-order valence-corrected chi connectivity index (χ4v) is 1.99. The summed E-state index contributed by atoms with van der Waals surface area (Å²) in [6.07, 6.45) is 1.16. The van der Waals surface area contributed by atoms with Crippen molar-refractivity contribution in [2.24, 2.45) is 7.05 Å². The topological polar surface area (TPSA) is 68.0 Å². The van der Waals surface area contributed by atoms with E-state index >= 15 is 0 Å². The van der Waals surface area contributed by atoms with Gasteiger partial charge in [-0.2, -0.15) is 5.10 Å². The standard InChI is InChI=1S/C14H17N3O2/c1-10-4-3-5-11(8-10)9-12-15-13(17(2)16-12)6-7-14(18)19/h3-5,8H,6-7,9H2,1-2H3,(H,18,19). The second-order valence-corrected chi connectivity index (χ2v) is 4.63. The van der Waals surface area contributed by atoms with E-state index in [1.165, 1.54) is 5.56 Å². The summed E-state index contributed by atoms with van der Waals surface area (Å²) in [7, 11) is 1.80. The van der Waals surface area contributed by atoms with Gasteiger partial charge in [0.05, 0.1) is 6.42 Å². The minimum absolute atomic E-state index is 0.0798. The fraction of sp³-hybridized carbons (Fsp3) is 0.357. The molecule has 0 bridgehead atoms. The summed E-state index contributed by atoms with van der Waals surface area (Å²) in [4.78, 5) is 15.0. The Kier molecular flexibility index (Phi) is 3.94. The molecule has 0 unspecified atom stereocenters. The molecule has 1 heterocycles. The molecule has 0 saturated carbocycles. The smallest absolute Gasteiger partial charge is 0.303 e. The van der Waals surface area contributed by atoms with Crippen LogP contribution in [0.2, 0.25) is 0 Å². The SMILES string of the molecule is Cc1cccc(Cc2nc(CCC(=O)O)n(C)n2)c1. The number of carboxylic acids is 1. The van der Waals surface area contributed by atoms with Gasteiger partial charge in [-0.1, -0.05) is 29.8 Å². The zero-order valence-electron chi connectivity index (χ0n) is 11.1. The molecule has 1 N–H and O–H groups in total. The minimum Gasteiger partial charge on any atom is -0.481 e. The third-order valence-electron chi connectivity index (χ3n) is 2.90. The maximum Gasteiger partial charge on any atom is 0.303 e. The molecule has 1 aromatic carbocycles. The minimum atomic E-state index is -0.816. The first-order valence-electron chi connectivity index (χ1n) is 6.20. The quantitative estimate of drug-likeness (QED) is 0.888. The maximum absolute atomic E-state index is 10.6. The van der Waals surface area contributed by atoms with E-state index in [2.05, 4.69) is 16.1 Å². The highest BCUT2D eigenvalue weighted by molar-refractivity contribution is 5.66. The van der Waals surface area contributed by atoms with Crippen molar-refractivity contribution in [3.05, 3.63) is 47.0 Å². The average molecular weight is 259 g/mol. The van der Waals surface area contributed by atoms with Gasteiger partial charge in [-0.3, -0.25) is 9.48 Å². The number of hydrogen-bond acceptors (Lipinski definition) is 3. The molecular weight excluding hydrogens is 242 g/mol. The molecule has 1 aromatic heterocycles. The molecule has 0 radical (unpaired) electrons. The lowest BCUT2D eigenvalue weighted by molar-refractivity contribution is -0.137. The van der Waals surface area contributed by atoms with Crippen LogP contribution in [-0.4, -0.2) is 25.8 Å². The molecule has 0 aliphatic carbocycles. The molecule has 5 nitrogen and oxygen atoms in total. The van der Waals surface area contributed by atoms with Gasteiger partial charge >= 0.3 is 5.97 Å². The number of benzene rings is 1. The van der Waals surface area contributed by atoms with Gasteiger partial charge in [-0.05, 0) is 12.5 Å². The number of aliphatic carboxylic acids is 1. The molecule has 5 heteroatoms. The van der Waals surface area contributed by atoms with Crippen molar-refractivity contribution in [1.82, 2.24) is 14.8 Å². The van der Waals surface area contributed by atoms with E-state index in [-0.39, 0.29) is 6.42 Å². The van der Waals surface area contributed by atoms with Crippen LogP contribution < -0.4 is 0 Å². The van der Waals surface area contributed by atoms with Crippen molar-refractivity contribution in [2.75, 3.05) is 0 Å². The fourth-order valence-electron chi connectivity index (χ4n) is 1.99. The Morgan fingerprint density at radius 3 is 2.89 bits per heavy atom. The van der Waals surface area contributed by atoms with Crippen molar-refractivity contribution < 1.29 is 9.90 Å². The van der Waals surface area contributed by atoms with Gasteiger partial charge in [0.2, 0.25) is 0 Å². The summed E-state index contributed by atoms with van der Waals surface area (Å²) < 4.78 is 1.66. The van der Waals surface area contributed by atoms with Crippen molar-refractivity contribution in [3.8, 4) is 0 Å². The van der Waals surface area contributed by atoms with Crippen LogP contribution in [0, 0.1) is 6.92 Å². The number of hydrogen-bond donors (Lipinski definition) is 1. The Bertz CT molecular complexity index is 590. The number of rotatable bonds is 5. The van der Waals surface area contributed by atoms with Gasteiger partial charge in [-0.25, -0.2) is 4.98 Å². The summed E-state index contributed by atoms with van der Waals surface area (Å²) in [6.45, 7) is 2.05. The molecule has 0 spiro atoms. The lowest BCUT2D eigenvalue weighted by Gasteiger charge is -1.98. The van der Waals surface area contributed by atoms with E-state index in [9.17, 15) is 4.79 Å². The largest absolute Gasteiger partial charge is 0.481 e. The zero-order chi connectivity index (χ0) is 13.8. The third kappa shape index (κ3) is 3.64. The lowest BCUT2D eigenvalue weighted by Crippen LogP contribution is -2.03. The van der Waals surface area contributed by atoms with Gasteiger partial charge in [-0.15, -0.1) is 0 Å². The Morgan fingerprint density at radius 2 is 2.21 bits per heavy atom. The van der Waals surface area contributed by atoms with Crippen molar-refractivity contribution >= 4 is 5.97 Å². The Morgan fingerprint density at radius 1 is 1.42 bits per heavy atom. The van der Waals surface area contributed by atoms with Crippen LogP contribution in [0.15, 0.2) is 24.3 Å². The van der Waals surface area contributed by atoms with Gasteiger partial charge in [0.15, 0.2) is 5.82 Å². The molecule has 0 aliphatic heterocycles. The first-order valence-corrected chi connectivity index (χ1v) is 6.20. The first kappa shape index (κ1) is 13.3. The molecule has 100 valence electrons. The van der Waals surface area contributed by atoms with E-state index in [1.54, 1.807) is 11.7 Å². The summed E-state index contributed by atoms with van der Waals surface area (Å²) in [6, 6.07) is 8.21. The molecule has 19 heavy (non-hydrogen) atoms. The predicted molar refractivity (Wildman–Crippen MR) is 70.9 cm³/mol. The first-order chi connectivity index (χ1) is 9.04.